The third kappa shape index (κ3) is 13.3. The Morgan fingerprint density at radius 2 is 0.745 bits per heavy atom. The number of hydrogen-bond acceptors (Lipinski definition) is 13. The number of hydrogen-bond donors (Lipinski definition) is 4. The number of nitrogens with two attached hydrogens (primary N) is 2. The van der Waals surface area contributed by atoms with Crippen molar-refractivity contribution >= 4 is 33.4 Å². The minimum Gasteiger partial charge on any atom is -0.386 e. The maximum Gasteiger partial charge on any atom is 0.124 e. The van der Waals surface area contributed by atoms with Gasteiger partial charge in [0.1, 0.15) is 23.8 Å². The number of aromatic nitrogens is 2. The Morgan fingerprint density at radius 3 is 1.09 bits per heavy atom. The van der Waals surface area contributed by atoms with Crippen LogP contribution in [0.15, 0.2) is 60.7 Å². The molecule has 0 radical (unpaired) electrons. The van der Waals surface area contributed by atoms with Crippen LogP contribution in [0.5, 0.6) is 0 Å². The molecule has 4 aromatic rings. The van der Waals surface area contributed by atoms with Crippen molar-refractivity contribution in [1.29, 1.82) is 0 Å². The molecule has 2 heterocycles. The van der Waals surface area contributed by atoms with Gasteiger partial charge in [-0.15, -0.1) is 0 Å². The van der Waals surface area contributed by atoms with E-state index in [0.29, 0.717) is 90.9 Å². The SMILES string of the molecule is Nc1ccc2ccc(C(O)COCCOCCOCCOCCOCCOCCOCC(O)c3ccc4ccc(N)nc4c3)cc2n1. The lowest BCUT2D eigenvalue weighted by molar-refractivity contribution is -0.0286. The van der Waals surface area contributed by atoms with E-state index in [9.17, 15) is 10.2 Å². The fraction of sp³-hybridized carbons (Fsp3) is 0.471. The van der Waals surface area contributed by atoms with Crippen LogP contribution in [0.4, 0.5) is 11.6 Å². The van der Waals surface area contributed by atoms with Crippen molar-refractivity contribution in [3.63, 3.8) is 0 Å². The van der Waals surface area contributed by atoms with Crippen LogP contribution < -0.4 is 11.5 Å². The molecule has 0 bridgehead atoms. The van der Waals surface area contributed by atoms with Crippen molar-refractivity contribution in [2.75, 3.05) is 104 Å². The Morgan fingerprint density at radius 1 is 0.447 bits per heavy atom. The fourth-order valence-electron chi connectivity index (χ4n) is 4.51. The van der Waals surface area contributed by atoms with Crippen molar-refractivity contribution in [3.8, 4) is 0 Å². The zero-order valence-electron chi connectivity index (χ0n) is 26.6. The van der Waals surface area contributed by atoms with E-state index in [1.54, 1.807) is 12.1 Å². The van der Waals surface area contributed by atoms with Crippen LogP contribution in [0.25, 0.3) is 21.8 Å². The van der Waals surface area contributed by atoms with Gasteiger partial charge in [0.05, 0.1) is 104 Å². The van der Waals surface area contributed by atoms with E-state index in [2.05, 4.69) is 9.97 Å². The van der Waals surface area contributed by atoms with Crippen molar-refractivity contribution in [2.24, 2.45) is 0 Å². The average molecular weight is 655 g/mol. The molecule has 0 aliphatic heterocycles. The van der Waals surface area contributed by atoms with Gasteiger partial charge in [0.15, 0.2) is 0 Å². The fourth-order valence-corrected chi connectivity index (χ4v) is 4.51. The van der Waals surface area contributed by atoms with Gasteiger partial charge in [0, 0.05) is 10.8 Å². The summed E-state index contributed by atoms with van der Waals surface area (Å²) in [6.07, 6.45) is -1.52. The Hall–Kier alpha value is -3.50. The lowest BCUT2D eigenvalue weighted by Crippen LogP contribution is -2.15. The van der Waals surface area contributed by atoms with E-state index in [0.717, 1.165) is 32.9 Å². The smallest absolute Gasteiger partial charge is 0.124 e. The quantitative estimate of drug-likeness (QED) is 0.0810. The van der Waals surface area contributed by atoms with Crippen LogP contribution in [-0.2, 0) is 33.2 Å². The third-order valence-electron chi connectivity index (χ3n) is 7.03. The molecule has 6 N–H and O–H groups in total. The first-order valence-electron chi connectivity index (χ1n) is 15.7. The predicted molar refractivity (Wildman–Crippen MR) is 178 cm³/mol. The largest absolute Gasteiger partial charge is 0.386 e. The van der Waals surface area contributed by atoms with Crippen molar-refractivity contribution in [2.45, 2.75) is 12.2 Å². The highest BCUT2D eigenvalue weighted by Crippen LogP contribution is 2.21. The highest BCUT2D eigenvalue weighted by atomic mass is 16.6. The molecule has 0 saturated heterocycles. The van der Waals surface area contributed by atoms with Gasteiger partial charge in [0.25, 0.3) is 0 Å². The summed E-state index contributed by atoms with van der Waals surface area (Å²) in [5.41, 5.74) is 14.4. The van der Waals surface area contributed by atoms with E-state index in [1.807, 2.05) is 48.5 Å². The van der Waals surface area contributed by atoms with Crippen LogP contribution in [-0.4, -0.2) is 113 Å². The molecule has 2 aromatic heterocycles. The molecule has 13 heteroatoms. The molecule has 256 valence electrons. The number of anilines is 2. The van der Waals surface area contributed by atoms with Gasteiger partial charge in [-0.05, 0) is 47.5 Å². The first-order chi connectivity index (χ1) is 23.0. The number of ether oxygens (including phenoxy) is 7. The zero-order valence-corrected chi connectivity index (χ0v) is 26.6. The van der Waals surface area contributed by atoms with Gasteiger partial charge in [-0.3, -0.25) is 0 Å². The minimum atomic E-state index is -0.759. The summed E-state index contributed by atoms with van der Waals surface area (Å²) in [7, 11) is 0. The summed E-state index contributed by atoms with van der Waals surface area (Å²) >= 11 is 0. The lowest BCUT2D eigenvalue weighted by Gasteiger charge is -2.13. The third-order valence-corrected chi connectivity index (χ3v) is 7.03. The number of fused-ring (bicyclic) bond motifs is 2. The van der Waals surface area contributed by atoms with E-state index in [4.69, 9.17) is 44.6 Å². The number of nitrogens with zero attached hydrogens (tertiary/aromatic N) is 2. The Labute approximate surface area is 274 Å². The second-order valence-electron chi connectivity index (χ2n) is 10.6. The average Bonchev–Trinajstić information content (AvgIpc) is 3.08. The lowest BCUT2D eigenvalue weighted by atomic mass is 10.1. The monoisotopic (exact) mass is 654 g/mol. The van der Waals surface area contributed by atoms with Gasteiger partial charge >= 0.3 is 0 Å². The Kier molecular flexibility index (Phi) is 16.0. The molecule has 4 rings (SSSR count). The van der Waals surface area contributed by atoms with E-state index in [-0.39, 0.29) is 13.2 Å². The molecule has 2 unspecified atom stereocenters. The standard InChI is InChI=1S/C34H46N4O9/c35-33-7-5-25-1-3-27(21-29(25)37-33)31(39)23-46-19-17-44-15-13-42-11-9-41-10-12-43-14-16-45-18-20-47-24-32(40)28-4-2-26-6-8-34(36)38-30(26)22-28/h1-8,21-22,31-32,39-40H,9-20,23-24H2,(H2,35,37)(H2,36,38). The number of aliphatic hydroxyl groups excluding tert-OH is 2. The second-order valence-corrected chi connectivity index (χ2v) is 10.6. The Bertz CT molecular complexity index is 1370. The highest BCUT2D eigenvalue weighted by molar-refractivity contribution is 5.81. The van der Waals surface area contributed by atoms with Gasteiger partial charge in [0.2, 0.25) is 0 Å². The molecule has 0 fully saturated rings. The summed E-state index contributed by atoms with van der Waals surface area (Å²) < 4.78 is 38.5. The summed E-state index contributed by atoms with van der Waals surface area (Å²) in [6.45, 7) is 5.48. The Balaban J connectivity index is 0.868. The van der Waals surface area contributed by atoms with E-state index >= 15 is 0 Å². The molecule has 2 atom stereocenters. The molecule has 13 nitrogen and oxygen atoms in total. The molecule has 2 aromatic carbocycles. The first-order valence-corrected chi connectivity index (χ1v) is 15.7. The summed E-state index contributed by atoms with van der Waals surface area (Å²) in [6, 6.07) is 18.4. The molecule has 47 heavy (non-hydrogen) atoms. The molecule has 0 saturated carbocycles. The molecule has 0 aliphatic carbocycles. The van der Waals surface area contributed by atoms with Gasteiger partial charge in [-0.25, -0.2) is 9.97 Å². The van der Waals surface area contributed by atoms with Crippen molar-refractivity contribution in [1.82, 2.24) is 9.97 Å². The minimum absolute atomic E-state index is 0.159. The van der Waals surface area contributed by atoms with Crippen LogP contribution in [0.2, 0.25) is 0 Å². The number of benzene rings is 2. The number of pyridine rings is 2. The normalized spacial score (nSPS) is 13.0. The van der Waals surface area contributed by atoms with Crippen LogP contribution in [0.1, 0.15) is 23.3 Å². The summed E-state index contributed by atoms with van der Waals surface area (Å²) in [5.74, 6) is 0.880. The zero-order chi connectivity index (χ0) is 33.1. The second kappa shape index (κ2) is 20.7. The molecular formula is C34H46N4O9. The molecular weight excluding hydrogens is 608 g/mol. The number of nitrogen functional groups attached to an aromatic ring is 2. The van der Waals surface area contributed by atoms with E-state index < -0.39 is 12.2 Å². The van der Waals surface area contributed by atoms with Crippen LogP contribution >= 0.6 is 0 Å². The first kappa shape index (κ1) is 36.3. The van der Waals surface area contributed by atoms with E-state index in [1.165, 1.54) is 0 Å². The van der Waals surface area contributed by atoms with Gasteiger partial charge in [-0.1, -0.05) is 24.3 Å². The molecule has 0 aliphatic rings. The topological polar surface area (TPSA) is 183 Å². The van der Waals surface area contributed by atoms with Gasteiger partial charge in [-0.2, -0.15) is 0 Å². The summed E-state index contributed by atoms with van der Waals surface area (Å²) in [5, 5.41) is 22.7. The number of aliphatic hydroxyl groups is 2. The predicted octanol–water partition coefficient (Wildman–Crippen LogP) is 2.83. The number of rotatable bonds is 24. The van der Waals surface area contributed by atoms with Crippen molar-refractivity contribution in [3.05, 3.63) is 71.8 Å². The maximum absolute atomic E-state index is 10.4. The maximum atomic E-state index is 10.4. The van der Waals surface area contributed by atoms with Gasteiger partial charge < -0.3 is 54.8 Å². The summed E-state index contributed by atoms with van der Waals surface area (Å²) in [4.78, 5) is 8.58. The molecule has 0 amide bonds. The molecule has 0 spiro atoms. The van der Waals surface area contributed by atoms with Crippen LogP contribution in [0.3, 0.4) is 0 Å². The highest BCUT2D eigenvalue weighted by Gasteiger charge is 2.10. The van der Waals surface area contributed by atoms with Crippen molar-refractivity contribution < 1.29 is 43.4 Å². The van der Waals surface area contributed by atoms with Crippen LogP contribution in [0, 0.1) is 0 Å².